The lowest BCUT2D eigenvalue weighted by Gasteiger charge is -2.12. The first-order chi connectivity index (χ1) is 7.17. The Bertz CT molecular complexity index is 335. The number of oxime groups is 1. The van der Waals surface area contributed by atoms with Crippen LogP contribution in [0.15, 0.2) is 34.3 Å². The molecule has 0 radical (unpaired) electrons. The molecule has 82 valence electrons. The topological polar surface area (TPSA) is 58.6 Å². The quantitative estimate of drug-likeness (QED) is 0.272. The molecule has 1 rings (SSSR count). The number of nitrogens with zero attached hydrogens (tertiary/aromatic N) is 1. The molecule has 0 saturated carbocycles. The van der Waals surface area contributed by atoms with Gasteiger partial charge in [-0.15, -0.1) is 11.8 Å². The molecule has 0 aromatic heterocycles. The van der Waals surface area contributed by atoms with E-state index in [0.29, 0.717) is 0 Å². The van der Waals surface area contributed by atoms with Crippen LogP contribution in [0.25, 0.3) is 0 Å². The van der Waals surface area contributed by atoms with Crippen LogP contribution in [-0.2, 0) is 0 Å². The molecular weight excluding hydrogens is 208 g/mol. The Kier molecular flexibility index (Phi) is 4.49. The van der Waals surface area contributed by atoms with E-state index in [1.165, 1.54) is 5.56 Å². The van der Waals surface area contributed by atoms with Crippen molar-refractivity contribution in [1.29, 1.82) is 0 Å². The summed E-state index contributed by atoms with van der Waals surface area (Å²) in [5.74, 6) is 0.281. The summed E-state index contributed by atoms with van der Waals surface area (Å²) in [7, 11) is 0. The summed E-state index contributed by atoms with van der Waals surface area (Å²) in [5.41, 5.74) is 6.82. The smallest absolute Gasteiger partial charge is 0.152 e. The van der Waals surface area contributed by atoms with Gasteiger partial charge in [-0.2, -0.15) is 0 Å². The van der Waals surface area contributed by atoms with Gasteiger partial charge in [0.2, 0.25) is 0 Å². The standard InChI is InChI=1S/C11H16N2OS/c1-3-10(11(12)13-14)15-9-6-4-8(2)5-7-9/h4-7,10,14H,3H2,1-2H3,(H2,12,13). The molecule has 3 N–H and O–H groups in total. The van der Waals surface area contributed by atoms with Crippen LogP contribution in [-0.4, -0.2) is 16.3 Å². The Labute approximate surface area is 94.4 Å². The maximum absolute atomic E-state index is 8.61. The SMILES string of the molecule is CCC(Sc1ccc(C)cc1)C(N)=NO. The summed E-state index contributed by atoms with van der Waals surface area (Å²) in [5, 5.41) is 11.7. The van der Waals surface area contributed by atoms with E-state index in [4.69, 9.17) is 10.9 Å². The van der Waals surface area contributed by atoms with Gasteiger partial charge in [0, 0.05) is 4.90 Å². The molecule has 0 aliphatic carbocycles. The third kappa shape index (κ3) is 3.47. The zero-order chi connectivity index (χ0) is 11.3. The molecule has 4 heteroatoms. The summed E-state index contributed by atoms with van der Waals surface area (Å²) in [6, 6.07) is 8.21. The van der Waals surface area contributed by atoms with Crippen LogP contribution in [0, 0.1) is 6.92 Å². The molecule has 15 heavy (non-hydrogen) atoms. The normalized spacial score (nSPS) is 13.9. The lowest BCUT2D eigenvalue weighted by molar-refractivity contribution is 0.317. The molecule has 1 aromatic rings. The minimum absolute atomic E-state index is 0.0395. The van der Waals surface area contributed by atoms with E-state index in [2.05, 4.69) is 24.2 Å². The first kappa shape index (κ1) is 11.9. The summed E-state index contributed by atoms with van der Waals surface area (Å²) in [6.07, 6.45) is 0.842. The first-order valence-electron chi connectivity index (χ1n) is 4.88. The van der Waals surface area contributed by atoms with Crippen molar-refractivity contribution in [1.82, 2.24) is 0 Å². The zero-order valence-electron chi connectivity index (χ0n) is 8.97. The van der Waals surface area contributed by atoms with E-state index in [1.807, 2.05) is 19.1 Å². The lowest BCUT2D eigenvalue weighted by atomic mass is 10.2. The Morgan fingerprint density at radius 2 is 2.07 bits per heavy atom. The fourth-order valence-electron chi connectivity index (χ4n) is 1.20. The fourth-order valence-corrected chi connectivity index (χ4v) is 2.15. The summed E-state index contributed by atoms with van der Waals surface area (Å²) in [4.78, 5) is 1.14. The van der Waals surface area contributed by atoms with Crippen LogP contribution in [0.1, 0.15) is 18.9 Å². The van der Waals surface area contributed by atoms with Gasteiger partial charge in [-0.1, -0.05) is 29.8 Å². The van der Waals surface area contributed by atoms with Gasteiger partial charge in [0.25, 0.3) is 0 Å². The highest BCUT2D eigenvalue weighted by Crippen LogP contribution is 2.25. The number of amidine groups is 1. The Morgan fingerprint density at radius 3 is 2.53 bits per heavy atom. The highest BCUT2D eigenvalue weighted by molar-refractivity contribution is 8.00. The number of aryl methyl sites for hydroxylation is 1. The first-order valence-corrected chi connectivity index (χ1v) is 5.76. The van der Waals surface area contributed by atoms with E-state index >= 15 is 0 Å². The molecule has 0 bridgehead atoms. The Morgan fingerprint density at radius 1 is 1.47 bits per heavy atom. The number of hydrogen-bond donors (Lipinski definition) is 2. The third-order valence-corrected chi connectivity index (χ3v) is 3.52. The van der Waals surface area contributed by atoms with E-state index in [-0.39, 0.29) is 11.1 Å². The molecule has 0 amide bonds. The fraction of sp³-hybridized carbons (Fsp3) is 0.364. The number of benzene rings is 1. The third-order valence-electron chi connectivity index (χ3n) is 2.12. The van der Waals surface area contributed by atoms with Crippen LogP contribution >= 0.6 is 11.8 Å². The van der Waals surface area contributed by atoms with Crippen molar-refractivity contribution in [2.45, 2.75) is 30.4 Å². The van der Waals surface area contributed by atoms with Gasteiger partial charge in [-0.3, -0.25) is 0 Å². The van der Waals surface area contributed by atoms with Crippen LogP contribution in [0.2, 0.25) is 0 Å². The molecule has 0 heterocycles. The van der Waals surface area contributed by atoms with E-state index < -0.39 is 0 Å². The number of hydrogen-bond acceptors (Lipinski definition) is 3. The zero-order valence-corrected chi connectivity index (χ0v) is 9.79. The highest BCUT2D eigenvalue weighted by Gasteiger charge is 2.12. The number of thioether (sulfide) groups is 1. The average molecular weight is 224 g/mol. The molecule has 1 aromatic carbocycles. The van der Waals surface area contributed by atoms with Crippen molar-refractivity contribution < 1.29 is 5.21 Å². The van der Waals surface area contributed by atoms with Crippen molar-refractivity contribution in [3.8, 4) is 0 Å². The van der Waals surface area contributed by atoms with Crippen molar-refractivity contribution in [3.63, 3.8) is 0 Å². The van der Waals surface area contributed by atoms with Crippen molar-refractivity contribution in [2.24, 2.45) is 10.9 Å². The van der Waals surface area contributed by atoms with E-state index in [9.17, 15) is 0 Å². The van der Waals surface area contributed by atoms with Crippen molar-refractivity contribution >= 4 is 17.6 Å². The van der Waals surface area contributed by atoms with Crippen LogP contribution < -0.4 is 5.73 Å². The number of rotatable bonds is 4. The average Bonchev–Trinajstić information content (AvgIpc) is 2.27. The molecule has 3 nitrogen and oxygen atoms in total. The molecule has 0 saturated heterocycles. The Balaban J connectivity index is 2.71. The van der Waals surface area contributed by atoms with Gasteiger partial charge in [0.1, 0.15) is 0 Å². The van der Waals surface area contributed by atoms with Gasteiger partial charge in [0.05, 0.1) is 5.25 Å². The van der Waals surface area contributed by atoms with Crippen LogP contribution in [0.4, 0.5) is 0 Å². The van der Waals surface area contributed by atoms with E-state index in [1.54, 1.807) is 11.8 Å². The largest absolute Gasteiger partial charge is 0.409 e. The summed E-state index contributed by atoms with van der Waals surface area (Å²) < 4.78 is 0. The highest BCUT2D eigenvalue weighted by atomic mass is 32.2. The second-order valence-electron chi connectivity index (χ2n) is 3.35. The van der Waals surface area contributed by atoms with Crippen LogP contribution in [0.5, 0.6) is 0 Å². The second-order valence-corrected chi connectivity index (χ2v) is 4.63. The van der Waals surface area contributed by atoms with Crippen LogP contribution in [0.3, 0.4) is 0 Å². The molecule has 0 aliphatic heterocycles. The lowest BCUT2D eigenvalue weighted by Crippen LogP contribution is -2.25. The van der Waals surface area contributed by atoms with Gasteiger partial charge in [-0.05, 0) is 25.5 Å². The van der Waals surface area contributed by atoms with Crippen molar-refractivity contribution in [3.05, 3.63) is 29.8 Å². The second kappa shape index (κ2) is 5.66. The molecule has 0 aliphatic rings. The molecule has 1 atom stereocenters. The Hall–Kier alpha value is -1.16. The van der Waals surface area contributed by atoms with Gasteiger partial charge in [0.15, 0.2) is 5.84 Å². The summed E-state index contributed by atoms with van der Waals surface area (Å²) >= 11 is 1.61. The predicted molar refractivity (Wildman–Crippen MR) is 64.5 cm³/mol. The maximum atomic E-state index is 8.61. The van der Waals surface area contributed by atoms with E-state index in [0.717, 1.165) is 11.3 Å². The molecule has 1 unspecified atom stereocenters. The van der Waals surface area contributed by atoms with Crippen molar-refractivity contribution in [2.75, 3.05) is 0 Å². The minimum Gasteiger partial charge on any atom is -0.409 e. The molecule has 0 spiro atoms. The maximum Gasteiger partial charge on any atom is 0.152 e. The monoisotopic (exact) mass is 224 g/mol. The number of nitrogens with two attached hydrogens (primary N) is 1. The molecule has 0 fully saturated rings. The van der Waals surface area contributed by atoms with Gasteiger partial charge in [-0.25, -0.2) is 0 Å². The predicted octanol–water partition coefficient (Wildman–Crippen LogP) is 2.61. The summed E-state index contributed by atoms with van der Waals surface area (Å²) in [6.45, 7) is 4.07. The molecular formula is C11H16N2OS. The van der Waals surface area contributed by atoms with Gasteiger partial charge >= 0.3 is 0 Å². The minimum atomic E-state index is 0.0395. The van der Waals surface area contributed by atoms with Gasteiger partial charge < -0.3 is 10.9 Å².